The van der Waals surface area contributed by atoms with Crippen LogP contribution in [0.1, 0.15) is 82.8 Å². The van der Waals surface area contributed by atoms with Crippen molar-refractivity contribution in [1.29, 1.82) is 0 Å². The molecule has 2 N–H and O–H groups in total. The van der Waals surface area contributed by atoms with Gasteiger partial charge in [-0.1, -0.05) is 43.2 Å². The molecule has 222 valence electrons. The zero-order valence-electron chi connectivity index (χ0n) is 23.9. The molecule has 41 heavy (non-hydrogen) atoms. The van der Waals surface area contributed by atoms with Crippen LogP contribution in [0.5, 0.6) is 0 Å². The van der Waals surface area contributed by atoms with Crippen LogP contribution in [-0.4, -0.2) is 51.9 Å². The normalized spacial score (nSPS) is 37.0. The molecular weight excluding hydrogens is 531 g/mol. The van der Waals surface area contributed by atoms with Crippen molar-refractivity contribution in [2.75, 3.05) is 19.6 Å². The molecule has 4 aliphatic carbocycles. The molecule has 8 heteroatoms. The number of hydrogen-bond donors (Lipinski definition) is 2. The first kappa shape index (κ1) is 28.8. The van der Waals surface area contributed by atoms with Crippen molar-refractivity contribution >= 4 is 11.6 Å². The van der Waals surface area contributed by atoms with E-state index in [2.05, 4.69) is 19.9 Å². The van der Waals surface area contributed by atoms with Crippen LogP contribution >= 0.6 is 0 Å². The highest BCUT2D eigenvalue weighted by molar-refractivity contribution is 5.92. The van der Waals surface area contributed by atoms with E-state index in [9.17, 15) is 33.0 Å². The van der Waals surface area contributed by atoms with Gasteiger partial charge in [-0.05, 0) is 87.0 Å². The Morgan fingerprint density at radius 2 is 1.68 bits per heavy atom. The van der Waals surface area contributed by atoms with Crippen LogP contribution in [-0.2, 0) is 21.4 Å². The minimum Gasteiger partial charge on any atom is -0.385 e. The van der Waals surface area contributed by atoms with E-state index in [0.29, 0.717) is 56.7 Å². The summed E-state index contributed by atoms with van der Waals surface area (Å²) in [5.41, 5.74) is -0.984. The fourth-order valence-corrected chi connectivity index (χ4v) is 9.00. The second kappa shape index (κ2) is 9.61. The van der Waals surface area contributed by atoms with Gasteiger partial charge in [0, 0.05) is 30.3 Å². The molecule has 5 aliphatic rings. The number of allylic oxidation sites excluding steroid dienone is 4. The molecule has 1 aromatic rings. The lowest BCUT2D eigenvalue weighted by atomic mass is 9.50. The average Bonchev–Trinajstić information content (AvgIpc) is 3.21. The van der Waals surface area contributed by atoms with E-state index in [-0.39, 0.29) is 29.4 Å². The van der Waals surface area contributed by atoms with Crippen LogP contribution in [0.3, 0.4) is 0 Å². The maximum Gasteiger partial charge on any atom is 0.416 e. The average molecular weight is 572 g/mol. The smallest absolute Gasteiger partial charge is 0.385 e. The number of fused-ring (bicyclic) bond motifs is 5. The minimum absolute atomic E-state index is 0.0931. The Morgan fingerprint density at radius 3 is 2.34 bits per heavy atom. The third-order valence-corrected chi connectivity index (χ3v) is 11.7. The van der Waals surface area contributed by atoms with Crippen molar-refractivity contribution in [3.63, 3.8) is 0 Å². The third kappa shape index (κ3) is 4.47. The van der Waals surface area contributed by atoms with Gasteiger partial charge < -0.3 is 10.2 Å². The van der Waals surface area contributed by atoms with Gasteiger partial charge in [0.05, 0.1) is 17.7 Å². The largest absolute Gasteiger partial charge is 0.416 e. The maximum absolute atomic E-state index is 13.8. The second-order valence-corrected chi connectivity index (χ2v) is 13.7. The highest BCUT2D eigenvalue weighted by Gasteiger charge is 2.64. The van der Waals surface area contributed by atoms with Gasteiger partial charge in [-0.3, -0.25) is 14.5 Å². The summed E-state index contributed by atoms with van der Waals surface area (Å²) in [4.78, 5) is 27.9. The summed E-state index contributed by atoms with van der Waals surface area (Å²) in [7, 11) is 0. The minimum atomic E-state index is -4.43. The number of benzene rings is 1. The van der Waals surface area contributed by atoms with Crippen LogP contribution in [0.4, 0.5) is 13.2 Å². The molecule has 0 spiro atoms. The fourth-order valence-electron chi connectivity index (χ4n) is 9.00. The Morgan fingerprint density at radius 1 is 1.00 bits per heavy atom. The summed E-state index contributed by atoms with van der Waals surface area (Å²) in [5.74, 6) is 0.553. The van der Waals surface area contributed by atoms with Gasteiger partial charge in [0.15, 0.2) is 11.6 Å². The number of halogens is 3. The first-order valence-electron chi connectivity index (χ1n) is 15.0. The zero-order chi connectivity index (χ0) is 29.4. The zero-order valence-corrected chi connectivity index (χ0v) is 23.9. The summed E-state index contributed by atoms with van der Waals surface area (Å²) in [6.45, 7) is 5.26. The van der Waals surface area contributed by atoms with Gasteiger partial charge in [-0.15, -0.1) is 0 Å². The molecule has 1 aliphatic heterocycles. The maximum atomic E-state index is 13.8. The van der Waals surface area contributed by atoms with Crippen molar-refractivity contribution in [2.24, 2.45) is 22.7 Å². The molecule has 5 atom stereocenters. The monoisotopic (exact) mass is 571 g/mol. The van der Waals surface area contributed by atoms with Crippen molar-refractivity contribution < 1.29 is 33.0 Å². The number of ketones is 2. The third-order valence-electron chi connectivity index (χ3n) is 11.7. The van der Waals surface area contributed by atoms with E-state index in [1.807, 2.05) is 11.0 Å². The van der Waals surface area contributed by atoms with E-state index in [1.165, 1.54) is 23.3 Å². The van der Waals surface area contributed by atoms with Gasteiger partial charge in [-0.2, -0.15) is 13.2 Å². The highest BCUT2D eigenvalue weighted by atomic mass is 19.4. The summed E-state index contributed by atoms with van der Waals surface area (Å²) in [6, 6.07) is 4.67. The molecule has 0 radical (unpaired) electrons. The van der Waals surface area contributed by atoms with Gasteiger partial charge in [0.25, 0.3) is 0 Å². The molecule has 0 amide bonds. The van der Waals surface area contributed by atoms with Crippen molar-refractivity contribution in [1.82, 2.24) is 4.90 Å². The number of aliphatic hydroxyl groups is 2. The lowest BCUT2D eigenvalue weighted by Crippen LogP contribution is -2.57. The standard InChI is InChI=1S/C33H40F3NO4/c1-29-12-9-24(38)19-23(29)7-8-25-26(29)10-13-30(2)27(25)11-14-32(30,41)28(39)20-37-17-15-31(40,16-18-37)21-3-5-22(6-4-21)33(34,35)36/h3-6,10,19,25,27,40-41H,7-9,11-18,20H2,1-2H3/t25-,27+,29+,30+,32+/m1/s1. The predicted molar refractivity (Wildman–Crippen MR) is 148 cm³/mol. The first-order valence-corrected chi connectivity index (χ1v) is 15.0. The molecule has 1 heterocycles. The number of carbonyl (C=O) groups is 2. The molecular formula is C33H40F3NO4. The van der Waals surface area contributed by atoms with Crippen molar-refractivity contribution in [3.8, 4) is 0 Å². The predicted octanol–water partition coefficient (Wildman–Crippen LogP) is 5.74. The Bertz CT molecular complexity index is 1310. The number of piperidine rings is 1. The Hall–Kier alpha value is -2.29. The number of Topliss-reactive ketones (excluding diaryl/α,β-unsaturated/α-hetero) is 1. The van der Waals surface area contributed by atoms with E-state index in [0.717, 1.165) is 37.8 Å². The Labute approximate surface area is 239 Å². The first-order chi connectivity index (χ1) is 19.2. The molecule has 0 unspecified atom stereocenters. The van der Waals surface area contributed by atoms with Crippen LogP contribution in [0, 0.1) is 22.7 Å². The lowest BCUT2D eigenvalue weighted by Gasteiger charge is -2.54. The van der Waals surface area contributed by atoms with E-state index in [1.54, 1.807) is 0 Å². The lowest BCUT2D eigenvalue weighted by molar-refractivity contribution is -0.155. The van der Waals surface area contributed by atoms with E-state index < -0.39 is 28.4 Å². The van der Waals surface area contributed by atoms with E-state index >= 15 is 0 Å². The van der Waals surface area contributed by atoms with Crippen molar-refractivity contribution in [2.45, 2.75) is 89.0 Å². The number of rotatable bonds is 4. The van der Waals surface area contributed by atoms with Gasteiger partial charge in [0.2, 0.25) is 0 Å². The molecule has 6 rings (SSSR count). The van der Waals surface area contributed by atoms with Crippen LogP contribution in [0.25, 0.3) is 0 Å². The molecule has 1 saturated heterocycles. The summed E-state index contributed by atoms with van der Waals surface area (Å²) in [5, 5.41) is 23.2. The summed E-state index contributed by atoms with van der Waals surface area (Å²) >= 11 is 0. The topological polar surface area (TPSA) is 77.8 Å². The fraction of sp³-hybridized carbons (Fsp3) is 0.636. The number of nitrogens with zero attached hydrogens (tertiary/aromatic N) is 1. The van der Waals surface area contributed by atoms with Gasteiger partial charge in [0.1, 0.15) is 5.60 Å². The molecule has 1 aromatic carbocycles. The van der Waals surface area contributed by atoms with Gasteiger partial charge >= 0.3 is 6.18 Å². The molecule has 5 nitrogen and oxygen atoms in total. The Balaban J connectivity index is 1.14. The Kier molecular flexibility index (Phi) is 6.76. The SMILES string of the molecule is C[C@]12CCC(=O)C=C1CC[C@@H]1C2=CC[C@@]2(C)[C@H]1CC[C@]2(O)C(=O)CN1CCC(O)(c2ccc(C(F)(F)F)cc2)CC1. The number of hydrogen-bond acceptors (Lipinski definition) is 5. The second-order valence-electron chi connectivity index (χ2n) is 13.7. The van der Waals surface area contributed by atoms with Gasteiger partial charge in [-0.25, -0.2) is 0 Å². The van der Waals surface area contributed by atoms with Crippen molar-refractivity contribution in [3.05, 3.63) is 58.7 Å². The summed E-state index contributed by atoms with van der Waals surface area (Å²) in [6.07, 6.45) is 5.41. The number of likely N-dealkylation sites (tertiary alicyclic amines) is 1. The number of alkyl halides is 3. The molecule has 3 fully saturated rings. The molecule has 0 aromatic heterocycles. The van der Waals surface area contributed by atoms with Crippen LogP contribution in [0.15, 0.2) is 47.6 Å². The summed E-state index contributed by atoms with van der Waals surface area (Å²) < 4.78 is 38.9. The molecule has 0 bridgehead atoms. The highest BCUT2D eigenvalue weighted by Crippen LogP contribution is 2.65. The van der Waals surface area contributed by atoms with Crippen LogP contribution < -0.4 is 0 Å². The van der Waals surface area contributed by atoms with E-state index in [4.69, 9.17) is 0 Å². The number of carbonyl (C=O) groups excluding carboxylic acids is 2. The van der Waals surface area contributed by atoms with Crippen LogP contribution in [0.2, 0.25) is 0 Å². The molecule has 2 saturated carbocycles. The quantitative estimate of drug-likeness (QED) is 0.451.